The van der Waals surface area contributed by atoms with Crippen LogP contribution in [-0.2, 0) is 14.8 Å². The number of benzene rings is 1. The monoisotopic (exact) mass is 288 g/mol. The van der Waals surface area contributed by atoms with Crippen molar-refractivity contribution in [1.29, 1.82) is 0 Å². The van der Waals surface area contributed by atoms with E-state index in [1.807, 2.05) is 0 Å². The van der Waals surface area contributed by atoms with Crippen molar-refractivity contribution in [3.63, 3.8) is 0 Å². The molecular weight excluding hydrogens is 271 g/mol. The average Bonchev–Trinajstić information content (AvgIpc) is 2.74. The first-order chi connectivity index (χ1) is 8.94. The number of halogens is 1. The molecule has 7 heteroatoms. The molecule has 0 aliphatic heterocycles. The van der Waals surface area contributed by atoms with Crippen LogP contribution in [-0.4, -0.2) is 27.7 Å². The molecule has 106 valence electrons. The topological polar surface area (TPSA) is 81.4 Å². The zero-order valence-corrected chi connectivity index (χ0v) is 11.4. The number of anilines is 1. The Morgan fingerprint density at radius 2 is 2.16 bits per heavy atom. The fourth-order valence-corrected chi connectivity index (χ4v) is 3.78. The molecule has 0 amide bonds. The molecule has 2 rings (SSSR count). The number of nitrogens with one attached hydrogen (secondary N) is 1. The predicted molar refractivity (Wildman–Crippen MR) is 69.6 cm³/mol. The molecule has 1 saturated carbocycles. The number of sulfonamides is 1. The van der Waals surface area contributed by atoms with Gasteiger partial charge in [-0.15, -0.1) is 0 Å². The van der Waals surface area contributed by atoms with E-state index in [2.05, 4.69) is 4.72 Å². The van der Waals surface area contributed by atoms with Crippen molar-refractivity contribution >= 4 is 15.7 Å². The number of ether oxygens (including phenoxy) is 1. The number of hydrogen-bond acceptors (Lipinski definition) is 4. The Kier molecular flexibility index (Phi) is 4.07. The van der Waals surface area contributed by atoms with Crippen LogP contribution < -0.4 is 10.5 Å². The molecule has 1 aliphatic carbocycles. The van der Waals surface area contributed by atoms with Gasteiger partial charge in [0.1, 0.15) is 10.7 Å². The molecule has 5 nitrogen and oxygen atoms in total. The van der Waals surface area contributed by atoms with Gasteiger partial charge in [0, 0.05) is 13.2 Å². The third kappa shape index (κ3) is 3.05. The van der Waals surface area contributed by atoms with E-state index >= 15 is 0 Å². The second-order valence-corrected chi connectivity index (χ2v) is 6.30. The molecule has 2 unspecified atom stereocenters. The van der Waals surface area contributed by atoms with E-state index in [4.69, 9.17) is 10.5 Å². The van der Waals surface area contributed by atoms with Gasteiger partial charge in [-0.1, -0.05) is 0 Å². The van der Waals surface area contributed by atoms with E-state index in [0.717, 1.165) is 31.4 Å². The molecular formula is C12H17FN2O3S. The summed E-state index contributed by atoms with van der Waals surface area (Å²) in [5, 5.41) is 0. The fourth-order valence-electron chi connectivity index (χ4n) is 2.37. The van der Waals surface area contributed by atoms with E-state index in [-0.39, 0.29) is 22.7 Å². The average molecular weight is 288 g/mol. The number of nitrogen functional groups attached to an aromatic ring is 1. The zero-order valence-electron chi connectivity index (χ0n) is 10.6. The molecule has 1 aromatic carbocycles. The third-order valence-electron chi connectivity index (χ3n) is 3.32. The van der Waals surface area contributed by atoms with Gasteiger partial charge in [-0.2, -0.15) is 0 Å². The summed E-state index contributed by atoms with van der Waals surface area (Å²) in [4.78, 5) is -0.101. The summed E-state index contributed by atoms with van der Waals surface area (Å²) in [6, 6.07) is 2.98. The van der Waals surface area contributed by atoms with Crippen LogP contribution >= 0.6 is 0 Å². The molecule has 19 heavy (non-hydrogen) atoms. The van der Waals surface area contributed by atoms with Gasteiger partial charge in [0.15, 0.2) is 0 Å². The summed E-state index contributed by atoms with van der Waals surface area (Å²) in [7, 11) is -2.20. The molecule has 0 bridgehead atoms. The van der Waals surface area contributed by atoms with Gasteiger partial charge in [-0.05, 0) is 37.5 Å². The van der Waals surface area contributed by atoms with Crippen molar-refractivity contribution in [1.82, 2.24) is 4.72 Å². The molecule has 0 aromatic heterocycles. The minimum absolute atomic E-state index is 0.0977. The summed E-state index contributed by atoms with van der Waals surface area (Å²) >= 11 is 0. The van der Waals surface area contributed by atoms with Crippen LogP contribution in [0.2, 0.25) is 0 Å². The molecule has 1 fully saturated rings. The van der Waals surface area contributed by atoms with Gasteiger partial charge in [0.05, 0.1) is 11.8 Å². The van der Waals surface area contributed by atoms with Gasteiger partial charge in [-0.25, -0.2) is 17.5 Å². The molecule has 0 saturated heterocycles. The van der Waals surface area contributed by atoms with Crippen LogP contribution in [0.3, 0.4) is 0 Å². The lowest BCUT2D eigenvalue weighted by Crippen LogP contribution is -2.40. The quantitative estimate of drug-likeness (QED) is 0.817. The van der Waals surface area contributed by atoms with Crippen molar-refractivity contribution in [2.75, 3.05) is 12.8 Å². The molecule has 1 aromatic rings. The van der Waals surface area contributed by atoms with Crippen LogP contribution in [0.25, 0.3) is 0 Å². The highest BCUT2D eigenvalue weighted by molar-refractivity contribution is 7.89. The lowest BCUT2D eigenvalue weighted by atomic mass is 10.2. The van der Waals surface area contributed by atoms with E-state index < -0.39 is 15.8 Å². The first-order valence-electron chi connectivity index (χ1n) is 6.04. The molecule has 2 atom stereocenters. The van der Waals surface area contributed by atoms with Crippen LogP contribution in [0.4, 0.5) is 10.1 Å². The van der Waals surface area contributed by atoms with Crippen molar-refractivity contribution in [2.45, 2.75) is 36.3 Å². The Morgan fingerprint density at radius 3 is 2.79 bits per heavy atom. The number of nitrogens with two attached hydrogens (primary N) is 1. The van der Waals surface area contributed by atoms with Crippen molar-refractivity contribution in [3.8, 4) is 0 Å². The summed E-state index contributed by atoms with van der Waals surface area (Å²) in [5.41, 5.74) is 5.46. The lowest BCUT2D eigenvalue weighted by molar-refractivity contribution is 0.0916. The van der Waals surface area contributed by atoms with Gasteiger partial charge in [0.2, 0.25) is 10.0 Å². The Bertz CT molecular complexity index is 562. The van der Waals surface area contributed by atoms with Crippen molar-refractivity contribution in [2.24, 2.45) is 0 Å². The largest absolute Gasteiger partial charge is 0.398 e. The Balaban J connectivity index is 2.23. The zero-order chi connectivity index (χ0) is 14.0. The molecule has 0 heterocycles. The Hall–Kier alpha value is -1.18. The number of methoxy groups -OCH3 is 1. The van der Waals surface area contributed by atoms with Gasteiger partial charge in [-0.3, -0.25) is 0 Å². The smallest absolute Gasteiger partial charge is 0.242 e. The highest BCUT2D eigenvalue weighted by atomic mass is 32.2. The fraction of sp³-hybridized carbons (Fsp3) is 0.500. The Labute approximate surface area is 112 Å². The summed E-state index contributed by atoms with van der Waals surface area (Å²) in [6.45, 7) is 0. The second kappa shape index (κ2) is 5.44. The first-order valence-corrected chi connectivity index (χ1v) is 7.52. The van der Waals surface area contributed by atoms with Crippen LogP contribution in [0.1, 0.15) is 19.3 Å². The predicted octanol–water partition coefficient (Wildman–Crippen LogP) is 1.25. The summed E-state index contributed by atoms with van der Waals surface area (Å²) in [6.07, 6.45) is 2.32. The van der Waals surface area contributed by atoms with Crippen LogP contribution in [0.5, 0.6) is 0 Å². The van der Waals surface area contributed by atoms with E-state index in [0.29, 0.717) is 0 Å². The minimum atomic E-state index is -3.76. The van der Waals surface area contributed by atoms with Gasteiger partial charge in [0.25, 0.3) is 0 Å². The molecule has 0 radical (unpaired) electrons. The molecule has 3 N–H and O–H groups in total. The Morgan fingerprint density at radius 1 is 1.42 bits per heavy atom. The summed E-state index contributed by atoms with van der Waals surface area (Å²) in [5.74, 6) is -0.563. The second-order valence-electron chi connectivity index (χ2n) is 4.61. The minimum Gasteiger partial charge on any atom is -0.398 e. The maximum atomic E-state index is 12.9. The molecule has 0 spiro atoms. The molecule has 1 aliphatic rings. The highest BCUT2D eigenvalue weighted by Crippen LogP contribution is 2.25. The number of rotatable bonds is 4. The van der Waals surface area contributed by atoms with Crippen molar-refractivity contribution < 1.29 is 17.5 Å². The standard InChI is InChI=1S/C12H17FN2O3S/c1-18-11-4-2-3-10(11)15-19(16,17)12-6-5-8(13)7-9(12)14/h5-7,10-11,15H,2-4,14H2,1H3. The lowest BCUT2D eigenvalue weighted by Gasteiger charge is -2.20. The van der Waals surface area contributed by atoms with Crippen molar-refractivity contribution in [3.05, 3.63) is 24.0 Å². The first kappa shape index (κ1) is 14.2. The van der Waals surface area contributed by atoms with E-state index in [1.54, 1.807) is 7.11 Å². The van der Waals surface area contributed by atoms with E-state index in [1.165, 1.54) is 6.07 Å². The van der Waals surface area contributed by atoms with Crippen LogP contribution in [0.15, 0.2) is 23.1 Å². The van der Waals surface area contributed by atoms with Gasteiger partial charge < -0.3 is 10.5 Å². The van der Waals surface area contributed by atoms with Gasteiger partial charge >= 0.3 is 0 Å². The van der Waals surface area contributed by atoms with E-state index in [9.17, 15) is 12.8 Å². The van der Waals surface area contributed by atoms with Crippen LogP contribution in [0, 0.1) is 5.82 Å². The number of hydrogen-bond donors (Lipinski definition) is 2. The maximum Gasteiger partial charge on any atom is 0.242 e. The summed E-state index contributed by atoms with van der Waals surface area (Å²) < 4.78 is 45.2. The normalized spacial score (nSPS) is 23.7. The SMILES string of the molecule is COC1CCCC1NS(=O)(=O)c1ccc(F)cc1N. The third-order valence-corrected chi connectivity index (χ3v) is 4.89. The highest BCUT2D eigenvalue weighted by Gasteiger charge is 2.31. The maximum absolute atomic E-state index is 12.9.